The van der Waals surface area contributed by atoms with Crippen LogP contribution in [-0.2, 0) is 4.74 Å². The molecule has 0 saturated carbocycles. The third kappa shape index (κ3) is 1.88. The minimum absolute atomic E-state index is 0.291. The van der Waals surface area contributed by atoms with Crippen LogP contribution in [0.4, 0.5) is 0 Å². The van der Waals surface area contributed by atoms with E-state index < -0.39 is 6.10 Å². The van der Waals surface area contributed by atoms with Crippen molar-refractivity contribution in [1.82, 2.24) is 0 Å². The number of aliphatic hydroxyl groups excluding tert-OH is 1. The highest BCUT2D eigenvalue weighted by atomic mass is 16.5. The molecule has 0 radical (unpaired) electrons. The molecular weight excluding hydrogens is 206 g/mol. The molecule has 1 aliphatic heterocycles. The molecule has 1 saturated heterocycles. The van der Waals surface area contributed by atoms with E-state index in [0.29, 0.717) is 25.5 Å². The normalized spacial score (nSPS) is 21.9. The van der Waals surface area contributed by atoms with E-state index in [-0.39, 0.29) is 5.41 Å². The van der Waals surface area contributed by atoms with Crippen LogP contribution in [0.1, 0.15) is 30.3 Å². The Balaban J connectivity index is 2.24. The second-order valence-corrected chi connectivity index (χ2v) is 4.55. The summed E-state index contributed by atoms with van der Waals surface area (Å²) in [5, 5.41) is 10.4. The molecule has 1 fully saturated rings. The van der Waals surface area contributed by atoms with Gasteiger partial charge in [0.1, 0.15) is 11.9 Å². The zero-order valence-corrected chi connectivity index (χ0v) is 9.61. The first kappa shape index (κ1) is 11.6. The molecule has 4 nitrogen and oxygen atoms in total. The zero-order chi connectivity index (χ0) is 11.6. The minimum Gasteiger partial charge on any atom is -0.466 e. The van der Waals surface area contributed by atoms with Crippen LogP contribution in [0.3, 0.4) is 0 Å². The number of nitrogens with two attached hydrogens (primary N) is 1. The van der Waals surface area contributed by atoms with Crippen LogP contribution in [0.15, 0.2) is 16.7 Å². The lowest BCUT2D eigenvalue weighted by Crippen LogP contribution is -2.41. The van der Waals surface area contributed by atoms with Crippen molar-refractivity contribution in [2.24, 2.45) is 11.1 Å². The lowest BCUT2D eigenvalue weighted by atomic mass is 9.74. The summed E-state index contributed by atoms with van der Waals surface area (Å²) in [5.41, 5.74) is 6.53. The molecule has 4 heteroatoms. The molecule has 3 N–H and O–H groups in total. The number of hydrogen-bond donors (Lipinski definition) is 2. The van der Waals surface area contributed by atoms with Crippen LogP contribution in [0.25, 0.3) is 0 Å². The lowest BCUT2D eigenvalue weighted by molar-refractivity contribution is -0.0661. The Morgan fingerprint density at radius 3 is 2.69 bits per heavy atom. The number of aliphatic hydroxyl groups is 1. The van der Waals surface area contributed by atoms with E-state index in [9.17, 15) is 5.11 Å². The minimum atomic E-state index is -0.628. The summed E-state index contributed by atoms with van der Waals surface area (Å²) in [6, 6.07) is 1.86. The number of furan rings is 1. The van der Waals surface area contributed by atoms with E-state index >= 15 is 0 Å². The average molecular weight is 225 g/mol. The van der Waals surface area contributed by atoms with Crippen molar-refractivity contribution < 1.29 is 14.3 Å². The summed E-state index contributed by atoms with van der Waals surface area (Å²) < 4.78 is 10.7. The standard InChI is InChI=1S/C12H19NO3/c1-9-2-5-16-10(9)11(14)12(8-13)3-6-15-7-4-12/h2,5,11,14H,3-4,6-8,13H2,1H3/t11-/m1/s1. The first-order valence-electron chi connectivity index (χ1n) is 5.69. The van der Waals surface area contributed by atoms with E-state index in [0.717, 1.165) is 18.4 Å². The van der Waals surface area contributed by atoms with Gasteiger partial charge < -0.3 is 20.0 Å². The fraction of sp³-hybridized carbons (Fsp3) is 0.667. The largest absolute Gasteiger partial charge is 0.466 e. The van der Waals surface area contributed by atoms with Crippen molar-refractivity contribution in [2.45, 2.75) is 25.9 Å². The topological polar surface area (TPSA) is 68.6 Å². The zero-order valence-electron chi connectivity index (χ0n) is 9.61. The monoisotopic (exact) mass is 225 g/mol. The molecule has 0 spiro atoms. The van der Waals surface area contributed by atoms with E-state index in [1.54, 1.807) is 6.26 Å². The van der Waals surface area contributed by atoms with Crippen LogP contribution in [0.2, 0.25) is 0 Å². The molecule has 0 aromatic carbocycles. The molecule has 1 atom stereocenters. The lowest BCUT2D eigenvalue weighted by Gasteiger charge is -2.39. The molecule has 0 bridgehead atoms. The van der Waals surface area contributed by atoms with Crippen LogP contribution in [0.5, 0.6) is 0 Å². The second kappa shape index (κ2) is 4.57. The molecule has 0 aliphatic carbocycles. The van der Waals surface area contributed by atoms with Gasteiger partial charge in [0, 0.05) is 25.2 Å². The van der Waals surface area contributed by atoms with Crippen LogP contribution < -0.4 is 5.73 Å². The summed E-state index contributed by atoms with van der Waals surface area (Å²) in [4.78, 5) is 0. The maximum Gasteiger partial charge on any atom is 0.135 e. The van der Waals surface area contributed by atoms with E-state index in [4.69, 9.17) is 14.9 Å². The smallest absolute Gasteiger partial charge is 0.135 e. The molecule has 2 rings (SSSR count). The Morgan fingerprint density at radius 1 is 1.50 bits per heavy atom. The van der Waals surface area contributed by atoms with Crippen molar-refractivity contribution in [1.29, 1.82) is 0 Å². The van der Waals surface area contributed by atoms with Gasteiger partial charge in [-0.3, -0.25) is 0 Å². The van der Waals surface area contributed by atoms with Gasteiger partial charge in [0.15, 0.2) is 0 Å². The summed E-state index contributed by atoms with van der Waals surface area (Å²) in [6.45, 7) is 3.71. The summed E-state index contributed by atoms with van der Waals surface area (Å²) >= 11 is 0. The Bertz CT molecular complexity index is 342. The van der Waals surface area contributed by atoms with Crippen LogP contribution >= 0.6 is 0 Å². The Labute approximate surface area is 95.4 Å². The number of ether oxygens (including phenoxy) is 1. The molecule has 16 heavy (non-hydrogen) atoms. The number of rotatable bonds is 3. The number of aryl methyl sites for hydroxylation is 1. The van der Waals surface area contributed by atoms with Gasteiger partial charge in [-0.25, -0.2) is 0 Å². The second-order valence-electron chi connectivity index (χ2n) is 4.55. The molecule has 1 aromatic heterocycles. The maximum absolute atomic E-state index is 10.4. The fourth-order valence-electron chi connectivity index (χ4n) is 2.31. The van der Waals surface area contributed by atoms with Gasteiger partial charge >= 0.3 is 0 Å². The fourth-order valence-corrected chi connectivity index (χ4v) is 2.31. The third-order valence-electron chi connectivity index (χ3n) is 3.63. The summed E-state index contributed by atoms with van der Waals surface area (Å²) in [7, 11) is 0. The third-order valence-corrected chi connectivity index (χ3v) is 3.63. The molecule has 1 aliphatic rings. The van der Waals surface area contributed by atoms with Gasteiger partial charge in [-0.05, 0) is 31.4 Å². The summed E-state index contributed by atoms with van der Waals surface area (Å²) in [6.07, 6.45) is 2.55. The maximum atomic E-state index is 10.4. The van der Waals surface area contributed by atoms with Crippen molar-refractivity contribution in [3.05, 3.63) is 23.7 Å². The predicted molar refractivity (Wildman–Crippen MR) is 59.9 cm³/mol. The predicted octanol–water partition coefficient (Wildman–Crippen LogP) is 1.38. The molecule has 1 aromatic rings. The highest BCUT2D eigenvalue weighted by Crippen LogP contribution is 2.42. The Hall–Kier alpha value is -0.840. The first-order valence-corrected chi connectivity index (χ1v) is 5.69. The number of hydrogen-bond acceptors (Lipinski definition) is 4. The van der Waals surface area contributed by atoms with Gasteiger partial charge in [0.2, 0.25) is 0 Å². The van der Waals surface area contributed by atoms with Crippen molar-refractivity contribution in [3.8, 4) is 0 Å². The quantitative estimate of drug-likeness (QED) is 0.815. The van der Waals surface area contributed by atoms with Gasteiger partial charge in [-0.2, -0.15) is 0 Å². The van der Waals surface area contributed by atoms with Crippen molar-refractivity contribution in [2.75, 3.05) is 19.8 Å². The average Bonchev–Trinajstić information content (AvgIpc) is 2.75. The van der Waals surface area contributed by atoms with Gasteiger partial charge in [-0.15, -0.1) is 0 Å². The Kier molecular flexibility index (Phi) is 3.33. The van der Waals surface area contributed by atoms with Crippen LogP contribution in [0, 0.1) is 12.3 Å². The Morgan fingerprint density at radius 2 is 2.19 bits per heavy atom. The summed E-state index contributed by atoms with van der Waals surface area (Å²) in [5.74, 6) is 0.646. The first-order chi connectivity index (χ1) is 7.69. The van der Waals surface area contributed by atoms with E-state index in [1.165, 1.54) is 0 Å². The molecule has 0 unspecified atom stereocenters. The van der Waals surface area contributed by atoms with Gasteiger partial charge in [0.05, 0.1) is 6.26 Å². The van der Waals surface area contributed by atoms with Crippen molar-refractivity contribution in [3.63, 3.8) is 0 Å². The van der Waals surface area contributed by atoms with Crippen LogP contribution in [-0.4, -0.2) is 24.9 Å². The molecular formula is C12H19NO3. The van der Waals surface area contributed by atoms with Gasteiger partial charge in [-0.1, -0.05) is 0 Å². The highest BCUT2D eigenvalue weighted by Gasteiger charge is 2.41. The molecule has 90 valence electrons. The SMILES string of the molecule is Cc1ccoc1[C@@H](O)C1(CN)CCOCC1. The highest BCUT2D eigenvalue weighted by molar-refractivity contribution is 5.19. The van der Waals surface area contributed by atoms with Crippen molar-refractivity contribution >= 4 is 0 Å². The van der Waals surface area contributed by atoms with E-state index in [1.807, 2.05) is 13.0 Å². The van der Waals surface area contributed by atoms with E-state index in [2.05, 4.69) is 0 Å². The molecule has 2 heterocycles. The molecule has 0 amide bonds. The van der Waals surface area contributed by atoms with Gasteiger partial charge in [0.25, 0.3) is 0 Å².